The van der Waals surface area contributed by atoms with E-state index in [0.29, 0.717) is 17.5 Å². The molecule has 0 atom stereocenters. The molecule has 0 amide bonds. The lowest BCUT2D eigenvalue weighted by atomic mass is 9.52. The first-order chi connectivity index (χ1) is 15.4. The van der Waals surface area contributed by atoms with Crippen LogP contribution in [0.4, 0.5) is 5.95 Å². The van der Waals surface area contributed by atoms with Crippen LogP contribution >= 0.6 is 0 Å². The number of aromatic nitrogens is 5. The van der Waals surface area contributed by atoms with E-state index in [4.69, 9.17) is 33.0 Å². The van der Waals surface area contributed by atoms with Crippen molar-refractivity contribution in [2.75, 3.05) is 12.4 Å². The van der Waals surface area contributed by atoms with Gasteiger partial charge in [-0.2, -0.15) is 9.97 Å². The zero-order valence-electron chi connectivity index (χ0n) is 17.8. The molecule has 0 saturated heterocycles. The number of hydrogen-bond acceptors (Lipinski definition) is 6. The highest BCUT2D eigenvalue weighted by atomic mass is 16.5. The number of hydrogen-bond donors (Lipinski definition) is 2. The number of fused-ring (bicyclic) bond motifs is 2. The summed E-state index contributed by atoms with van der Waals surface area (Å²) in [4.78, 5) is 16.9. The van der Waals surface area contributed by atoms with E-state index in [-0.39, 0.29) is 12.1 Å². The van der Waals surface area contributed by atoms with Crippen LogP contribution in [0.5, 0.6) is 5.88 Å². The smallest absolute Gasteiger partial charge is 0.228 e. The van der Waals surface area contributed by atoms with E-state index in [9.17, 15) is 0 Å². The zero-order valence-corrected chi connectivity index (χ0v) is 17.8. The molecule has 11 heteroatoms. The van der Waals surface area contributed by atoms with Crippen LogP contribution in [0.15, 0.2) is 36.9 Å². The molecule has 0 spiro atoms. The van der Waals surface area contributed by atoms with Crippen molar-refractivity contribution < 1.29 is 9.47 Å². The van der Waals surface area contributed by atoms with Crippen LogP contribution < -0.4 is 10.1 Å². The molecule has 32 heavy (non-hydrogen) atoms. The zero-order chi connectivity index (χ0) is 22.3. The average molecular weight is 422 g/mol. The third-order valence-corrected chi connectivity index (χ3v) is 5.77. The van der Waals surface area contributed by atoms with Crippen molar-refractivity contribution in [3.05, 3.63) is 36.9 Å². The highest BCUT2D eigenvalue weighted by Gasteiger charge is 2.26. The van der Waals surface area contributed by atoms with Crippen molar-refractivity contribution in [2.24, 2.45) is 0 Å². The molecule has 0 bridgehead atoms. The van der Waals surface area contributed by atoms with Gasteiger partial charge in [-0.05, 0) is 43.1 Å². The predicted molar refractivity (Wildman–Crippen MR) is 125 cm³/mol. The standard InChI is InChI=1S/C21H21B3N6O2/c1-31-19-17-15(12-2-7-16-25-8-9-30(16)11-12)10-26-18(17)28-20(29-19)27-13-3-5-14(6-4-13)32-21(22,23)24/h2,7-11,13-14H,3-6H2,1H3,(H2,26,27,28,29). The molecular weight excluding hydrogens is 401 g/mol. The molecule has 1 fully saturated rings. The Kier molecular flexibility index (Phi) is 5.37. The second-order valence-corrected chi connectivity index (χ2v) is 8.18. The van der Waals surface area contributed by atoms with E-state index in [2.05, 4.69) is 25.3 Å². The summed E-state index contributed by atoms with van der Waals surface area (Å²) in [7, 11) is 18.3. The van der Waals surface area contributed by atoms with Gasteiger partial charge in [0.25, 0.3) is 0 Å². The van der Waals surface area contributed by atoms with Crippen LogP contribution in [-0.2, 0) is 4.74 Å². The maximum atomic E-state index is 5.63. The summed E-state index contributed by atoms with van der Waals surface area (Å²) in [5.74, 6) is 1.03. The Morgan fingerprint density at radius 3 is 2.72 bits per heavy atom. The molecule has 4 aromatic heterocycles. The van der Waals surface area contributed by atoms with Crippen LogP contribution in [0, 0.1) is 0 Å². The maximum absolute atomic E-state index is 5.63. The topological polar surface area (TPSA) is 89.4 Å². The first kappa shape index (κ1) is 20.9. The van der Waals surface area contributed by atoms with Gasteiger partial charge in [-0.1, -0.05) is 0 Å². The number of rotatable bonds is 6. The van der Waals surface area contributed by atoms with E-state index in [1.165, 1.54) is 0 Å². The summed E-state index contributed by atoms with van der Waals surface area (Å²) in [6.07, 6.45) is 10.9. The minimum Gasteiger partial charge on any atom is -0.480 e. The van der Waals surface area contributed by atoms with Crippen molar-refractivity contribution in [3.63, 3.8) is 0 Å². The average Bonchev–Trinajstić information content (AvgIpc) is 3.40. The summed E-state index contributed by atoms with van der Waals surface area (Å²) in [6, 6.07) is 4.20. The number of anilines is 1. The second kappa shape index (κ2) is 8.20. The van der Waals surface area contributed by atoms with Gasteiger partial charge >= 0.3 is 0 Å². The van der Waals surface area contributed by atoms with E-state index < -0.39 is 5.30 Å². The summed E-state index contributed by atoms with van der Waals surface area (Å²) >= 11 is 0. The van der Waals surface area contributed by atoms with Crippen molar-refractivity contribution >= 4 is 46.2 Å². The van der Waals surface area contributed by atoms with E-state index >= 15 is 0 Å². The van der Waals surface area contributed by atoms with Gasteiger partial charge < -0.3 is 24.2 Å². The Morgan fingerprint density at radius 2 is 1.97 bits per heavy atom. The van der Waals surface area contributed by atoms with Gasteiger partial charge in [-0.25, -0.2) is 4.98 Å². The molecular formula is C21H21B3N6O2. The Bertz CT molecular complexity index is 1240. The van der Waals surface area contributed by atoms with Crippen molar-refractivity contribution in [1.82, 2.24) is 24.3 Å². The lowest BCUT2D eigenvalue weighted by Crippen LogP contribution is -2.41. The predicted octanol–water partition coefficient (Wildman–Crippen LogP) is 2.14. The monoisotopic (exact) mass is 422 g/mol. The van der Waals surface area contributed by atoms with Crippen LogP contribution in [-0.4, -0.2) is 72.4 Å². The Balaban J connectivity index is 1.37. The molecule has 0 aliphatic heterocycles. The third kappa shape index (κ3) is 4.21. The van der Waals surface area contributed by atoms with Crippen LogP contribution in [0.1, 0.15) is 25.7 Å². The Hall–Kier alpha value is -2.94. The fourth-order valence-electron chi connectivity index (χ4n) is 4.32. The highest BCUT2D eigenvalue weighted by molar-refractivity contribution is 6.58. The van der Waals surface area contributed by atoms with Gasteiger partial charge in [-0.15, -0.1) is 0 Å². The van der Waals surface area contributed by atoms with E-state index in [0.717, 1.165) is 47.8 Å². The number of ether oxygens (including phenoxy) is 2. The number of nitrogens with zero attached hydrogens (tertiary/aromatic N) is 4. The normalized spacial score (nSPS) is 19.4. The number of aromatic amines is 1. The second-order valence-electron chi connectivity index (χ2n) is 8.18. The molecule has 0 aromatic carbocycles. The van der Waals surface area contributed by atoms with Crippen molar-refractivity contribution in [2.45, 2.75) is 43.1 Å². The SMILES string of the molecule is [B]C([B])([B])OC1CCC(Nc2nc(OC)c3c(-c4ccc5nccn5c4)c[nH]c3n2)CC1. The lowest BCUT2D eigenvalue weighted by molar-refractivity contribution is 0.0202. The fraction of sp³-hybridized carbons (Fsp3) is 0.381. The van der Waals surface area contributed by atoms with Crippen LogP contribution in [0.2, 0.25) is 0 Å². The number of imidazole rings is 1. The summed E-state index contributed by atoms with van der Waals surface area (Å²) in [5.41, 5.74) is 3.57. The van der Waals surface area contributed by atoms with Gasteiger partial charge in [0.05, 0.1) is 42.1 Å². The highest BCUT2D eigenvalue weighted by Crippen LogP contribution is 2.35. The van der Waals surface area contributed by atoms with Gasteiger partial charge in [0.15, 0.2) is 0 Å². The quantitative estimate of drug-likeness (QED) is 0.464. The molecule has 2 N–H and O–H groups in total. The van der Waals surface area contributed by atoms with Gasteiger partial charge in [0, 0.05) is 42.0 Å². The van der Waals surface area contributed by atoms with Gasteiger partial charge in [0.1, 0.15) is 11.3 Å². The number of methoxy groups -OCH3 is 1. The molecule has 4 aromatic rings. The molecule has 8 nitrogen and oxygen atoms in total. The largest absolute Gasteiger partial charge is 0.480 e. The van der Waals surface area contributed by atoms with Crippen LogP contribution in [0.25, 0.3) is 27.8 Å². The van der Waals surface area contributed by atoms with Crippen LogP contribution in [0.3, 0.4) is 0 Å². The molecule has 156 valence electrons. The Morgan fingerprint density at radius 1 is 1.16 bits per heavy atom. The first-order valence-corrected chi connectivity index (χ1v) is 10.6. The maximum Gasteiger partial charge on any atom is 0.228 e. The number of pyridine rings is 1. The van der Waals surface area contributed by atoms with Gasteiger partial charge in [-0.3, -0.25) is 0 Å². The molecule has 6 radical (unpaired) electrons. The minimum absolute atomic E-state index is 0.0511. The van der Waals surface area contributed by atoms with Gasteiger partial charge in [0.2, 0.25) is 11.8 Å². The molecule has 0 unspecified atom stereocenters. The molecule has 1 aliphatic rings. The molecule has 5 rings (SSSR count). The summed E-state index contributed by atoms with van der Waals surface area (Å²) in [6.45, 7) is 0. The number of nitrogens with one attached hydrogen (secondary N) is 2. The van der Waals surface area contributed by atoms with E-state index in [1.807, 2.05) is 35.1 Å². The van der Waals surface area contributed by atoms with Crippen molar-refractivity contribution in [1.29, 1.82) is 0 Å². The lowest BCUT2D eigenvalue weighted by Gasteiger charge is -2.34. The summed E-state index contributed by atoms with van der Waals surface area (Å²) < 4.78 is 13.1. The first-order valence-electron chi connectivity index (χ1n) is 10.6. The minimum atomic E-state index is -1.60. The van der Waals surface area contributed by atoms with Crippen molar-refractivity contribution in [3.8, 4) is 17.0 Å². The fourth-order valence-corrected chi connectivity index (χ4v) is 4.32. The van der Waals surface area contributed by atoms with E-state index in [1.54, 1.807) is 13.3 Å². The molecule has 1 saturated carbocycles. The molecule has 1 aliphatic carbocycles. The molecule has 4 heterocycles. The number of H-pyrrole nitrogens is 1. The summed E-state index contributed by atoms with van der Waals surface area (Å²) in [5, 5.41) is 2.65. The Labute approximate surface area is 189 Å². The third-order valence-electron chi connectivity index (χ3n) is 5.77.